The van der Waals surface area contributed by atoms with Crippen LogP contribution in [-0.2, 0) is 13.0 Å². The van der Waals surface area contributed by atoms with Gasteiger partial charge in [-0.15, -0.1) is 0 Å². The topological polar surface area (TPSA) is 107 Å². The van der Waals surface area contributed by atoms with Crippen LogP contribution in [0.1, 0.15) is 35.5 Å². The Kier molecular flexibility index (Phi) is 5.35. The molecule has 3 aromatic rings. The molecule has 0 atom stereocenters. The summed E-state index contributed by atoms with van der Waals surface area (Å²) in [5, 5.41) is 3.37. The van der Waals surface area contributed by atoms with Gasteiger partial charge in [-0.3, -0.25) is 4.79 Å². The van der Waals surface area contributed by atoms with Crippen molar-refractivity contribution in [2.24, 2.45) is 0 Å². The van der Waals surface area contributed by atoms with Gasteiger partial charge in [-0.05, 0) is 36.6 Å². The first kappa shape index (κ1) is 18.4. The van der Waals surface area contributed by atoms with Gasteiger partial charge in [-0.25, -0.2) is 4.98 Å². The first-order valence-corrected chi connectivity index (χ1v) is 8.84. The Morgan fingerprint density at radius 1 is 1.00 bits per heavy atom. The highest BCUT2D eigenvalue weighted by Gasteiger charge is 2.12. The summed E-state index contributed by atoms with van der Waals surface area (Å²) in [5.41, 5.74) is 17.2. The highest BCUT2D eigenvalue weighted by atomic mass is 16.1. The zero-order chi connectivity index (χ0) is 19.4. The summed E-state index contributed by atoms with van der Waals surface area (Å²) in [5.74, 6) is 0.662. The van der Waals surface area contributed by atoms with E-state index in [2.05, 4.69) is 15.3 Å². The summed E-state index contributed by atoms with van der Waals surface area (Å²) in [7, 11) is 0. The number of Topliss-reactive ketones (excluding diaryl/α,β-unsaturated/α-hetero) is 1. The summed E-state index contributed by atoms with van der Waals surface area (Å²) in [6.07, 6.45) is 0.725. The summed E-state index contributed by atoms with van der Waals surface area (Å²) >= 11 is 0. The molecule has 0 radical (unpaired) electrons. The van der Waals surface area contributed by atoms with Crippen molar-refractivity contribution in [3.8, 4) is 11.1 Å². The van der Waals surface area contributed by atoms with Gasteiger partial charge >= 0.3 is 0 Å². The quantitative estimate of drug-likeness (QED) is 0.578. The van der Waals surface area contributed by atoms with Crippen molar-refractivity contribution in [3.05, 3.63) is 65.4 Å². The maximum absolute atomic E-state index is 11.3. The minimum absolute atomic E-state index is 0.0717. The van der Waals surface area contributed by atoms with E-state index in [1.807, 2.05) is 55.5 Å². The van der Waals surface area contributed by atoms with E-state index in [0.717, 1.165) is 40.1 Å². The van der Waals surface area contributed by atoms with Gasteiger partial charge < -0.3 is 16.8 Å². The predicted molar refractivity (Wildman–Crippen MR) is 109 cm³/mol. The van der Waals surface area contributed by atoms with Crippen LogP contribution < -0.4 is 16.8 Å². The lowest BCUT2D eigenvalue weighted by atomic mass is 10.0. The number of nitrogens with two attached hydrogens (primary N) is 2. The number of hydrogen-bond donors (Lipinski definition) is 3. The number of carbonyl (C=O) groups is 1. The van der Waals surface area contributed by atoms with E-state index in [4.69, 9.17) is 11.5 Å². The Bertz CT molecular complexity index is 950. The third-order valence-electron chi connectivity index (χ3n) is 4.39. The molecule has 0 aliphatic carbocycles. The molecule has 0 fully saturated rings. The number of aromatic nitrogens is 2. The number of hydrogen-bond acceptors (Lipinski definition) is 6. The van der Waals surface area contributed by atoms with Crippen molar-refractivity contribution in [3.63, 3.8) is 0 Å². The van der Waals surface area contributed by atoms with Crippen LogP contribution in [0.15, 0.2) is 48.5 Å². The molecule has 0 aliphatic rings. The lowest BCUT2D eigenvalue weighted by Gasteiger charge is -2.12. The number of ketones is 1. The Morgan fingerprint density at radius 2 is 1.67 bits per heavy atom. The zero-order valence-corrected chi connectivity index (χ0v) is 15.5. The number of aryl methyl sites for hydroxylation is 1. The summed E-state index contributed by atoms with van der Waals surface area (Å²) in [4.78, 5) is 19.7. The molecule has 3 rings (SSSR count). The minimum atomic E-state index is 0.0717. The van der Waals surface area contributed by atoms with Gasteiger partial charge in [0.05, 0.1) is 5.69 Å². The van der Waals surface area contributed by atoms with E-state index < -0.39 is 0 Å². The van der Waals surface area contributed by atoms with Gasteiger partial charge in [0.25, 0.3) is 0 Å². The SMILES string of the molecule is CCc1nc(N)nc(N)c1-c1ccc(NCc2ccc(C(C)=O)cc2)cc1. The molecule has 0 amide bonds. The standard InChI is InChI=1S/C21H23N5O/c1-3-18-19(20(22)26-21(23)25-18)16-8-10-17(11-9-16)24-12-14-4-6-15(7-5-14)13(2)27/h4-11,24H,3,12H2,1-2H3,(H4,22,23,25,26). The molecule has 1 aromatic heterocycles. The maximum Gasteiger partial charge on any atom is 0.222 e. The van der Waals surface area contributed by atoms with E-state index in [-0.39, 0.29) is 11.7 Å². The van der Waals surface area contributed by atoms with Gasteiger partial charge in [-0.2, -0.15) is 4.98 Å². The number of benzene rings is 2. The second-order valence-electron chi connectivity index (χ2n) is 6.33. The Labute approximate surface area is 158 Å². The molecular weight excluding hydrogens is 338 g/mol. The van der Waals surface area contributed by atoms with Gasteiger partial charge in [-0.1, -0.05) is 43.3 Å². The molecule has 138 valence electrons. The Balaban J connectivity index is 1.73. The van der Waals surface area contributed by atoms with Gasteiger partial charge in [0.15, 0.2) is 5.78 Å². The van der Waals surface area contributed by atoms with E-state index in [1.165, 1.54) is 0 Å². The Hall–Kier alpha value is -3.41. The molecule has 0 aliphatic heterocycles. The van der Waals surface area contributed by atoms with Crippen LogP contribution in [0, 0.1) is 0 Å². The van der Waals surface area contributed by atoms with Crippen LogP contribution in [0.2, 0.25) is 0 Å². The summed E-state index contributed by atoms with van der Waals surface area (Å²) < 4.78 is 0. The predicted octanol–water partition coefficient (Wildman–Crippen LogP) is 3.69. The third-order valence-corrected chi connectivity index (χ3v) is 4.39. The molecule has 6 nitrogen and oxygen atoms in total. The molecule has 27 heavy (non-hydrogen) atoms. The molecule has 0 saturated carbocycles. The smallest absolute Gasteiger partial charge is 0.222 e. The monoisotopic (exact) mass is 361 g/mol. The van der Waals surface area contributed by atoms with Gasteiger partial charge in [0.1, 0.15) is 5.82 Å². The fraction of sp³-hybridized carbons (Fsp3) is 0.190. The lowest BCUT2D eigenvalue weighted by Crippen LogP contribution is -2.06. The number of nitrogens with one attached hydrogen (secondary N) is 1. The summed E-state index contributed by atoms with van der Waals surface area (Å²) in [6, 6.07) is 15.6. The number of nitrogen functional groups attached to an aromatic ring is 2. The largest absolute Gasteiger partial charge is 0.383 e. The molecule has 5 N–H and O–H groups in total. The average molecular weight is 361 g/mol. The van der Waals surface area contributed by atoms with Crippen molar-refractivity contribution < 1.29 is 4.79 Å². The van der Waals surface area contributed by atoms with E-state index in [1.54, 1.807) is 6.92 Å². The second-order valence-corrected chi connectivity index (χ2v) is 6.33. The van der Waals surface area contributed by atoms with E-state index in [9.17, 15) is 4.79 Å². The zero-order valence-electron chi connectivity index (χ0n) is 15.5. The molecule has 2 aromatic carbocycles. The highest BCUT2D eigenvalue weighted by molar-refractivity contribution is 5.94. The normalized spacial score (nSPS) is 10.6. The number of nitrogens with zero attached hydrogens (tertiary/aromatic N) is 2. The van der Waals surface area contributed by atoms with Crippen LogP contribution in [0.25, 0.3) is 11.1 Å². The molecule has 6 heteroatoms. The van der Waals surface area contributed by atoms with Crippen LogP contribution in [0.3, 0.4) is 0 Å². The average Bonchev–Trinajstić information content (AvgIpc) is 2.66. The van der Waals surface area contributed by atoms with Crippen molar-refractivity contribution >= 4 is 23.2 Å². The fourth-order valence-corrected chi connectivity index (χ4v) is 2.93. The lowest BCUT2D eigenvalue weighted by molar-refractivity contribution is 0.101. The third kappa shape index (κ3) is 4.23. The Morgan fingerprint density at radius 3 is 2.26 bits per heavy atom. The first-order valence-electron chi connectivity index (χ1n) is 8.84. The highest BCUT2D eigenvalue weighted by Crippen LogP contribution is 2.29. The van der Waals surface area contributed by atoms with Gasteiger partial charge in [0, 0.05) is 23.4 Å². The molecule has 0 unspecified atom stereocenters. The van der Waals surface area contributed by atoms with Crippen molar-refractivity contribution in [2.75, 3.05) is 16.8 Å². The number of anilines is 3. The molecule has 1 heterocycles. The van der Waals surface area contributed by atoms with E-state index >= 15 is 0 Å². The molecule has 0 saturated heterocycles. The molecule has 0 bridgehead atoms. The van der Waals surface area contributed by atoms with E-state index in [0.29, 0.717) is 12.4 Å². The van der Waals surface area contributed by atoms with Gasteiger partial charge in [0.2, 0.25) is 5.95 Å². The number of carbonyl (C=O) groups excluding carboxylic acids is 1. The summed E-state index contributed by atoms with van der Waals surface area (Å²) in [6.45, 7) is 4.25. The fourth-order valence-electron chi connectivity index (χ4n) is 2.93. The van der Waals surface area contributed by atoms with Crippen LogP contribution in [-0.4, -0.2) is 15.8 Å². The number of rotatable bonds is 6. The maximum atomic E-state index is 11.3. The molecule has 0 spiro atoms. The van der Waals surface area contributed by atoms with Crippen LogP contribution in [0.4, 0.5) is 17.5 Å². The molecular formula is C21H23N5O. The van der Waals surface area contributed by atoms with Crippen LogP contribution in [0.5, 0.6) is 0 Å². The minimum Gasteiger partial charge on any atom is -0.383 e. The van der Waals surface area contributed by atoms with Crippen molar-refractivity contribution in [2.45, 2.75) is 26.8 Å². The van der Waals surface area contributed by atoms with Crippen molar-refractivity contribution in [1.82, 2.24) is 9.97 Å². The van der Waals surface area contributed by atoms with Crippen LogP contribution >= 0.6 is 0 Å². The first-order chi connectivity index (χ1) is 13.0. The second kappa shape index (κ2) is 7.86. The van der Waals surface area contributed by atoms with Crippen molar-refractivity contribution in [1.29, 1.82) is 0 Å².